The monoisotopic (exact) mass is 289 g/mol. The summed E-state index contributed by atoms with van der Waals surface area (Å²) in [5, 5.41) is 38.7. The average molecular weight is 289 g/mol. The van der Waals surface area contributed by atoms with Gasteiger partial charge in [0.1, 0.15) is 28.6 Å². The highest BCUT2D eigenvalue weighted by Crippen LogP contribution is 2.41. The molecular weight excluding hydrogens is 276 g/mol. The number of hydrogen-bond donors (Lipinski definition) is 4. The third-order valence-electron chi connectivity index (χ3n) is 3.21. The van der Waals surface area contributed by atoms with Crippen molar-refractivity contribution >= 4 is 5.78 Å². The van der Waals surface area contributed by atoms with Crippen LogP contribution in [0.4, 0.5) is 0 Å². The minimum atomic E-state index is -2.65. The molecule has 0 aromatic heterocycles. The van der Waals surface area contributed by atoms with Crippen molar-refractivity contribution in [2.75, 3.05) is 0 Å². The number of phenols is 3. The molecule has 1 heterocycles. The van der Waals surface area contributed by atoms with Crippen LogP contribution in [0.3, 0.4) is 0 Å². The van der Waals surface area contributed by atoms with Gasteiger partial charge >= 0.3 is 0 Å². The summed E-state index contributed by atoms with van der Waals surface area (Å²) < 4.78 is 13.4. The van der Waals surface area contributed by atoms with E-state index in [0.29, 0.717) is 0 Å². The lowest BCUT2D eigenvalue weighted by molar-refractivity contribution is 0.0210. The molecule has 0 amide bonds. The van der Waals surface area contributed by atoms with E-state index >= 15 is 0 Å². The topological polar surface area (TPSA) is 107 Å². The molecule has 0 spiro atoms. The van der Waals surface area contributed by atoms with E-state index in [-0.39, 0.29) is 28.4 Å². The second kappa shape index (κ2) is 4.68. The van der Waals surface area contributed by atoms with Crippen LogP contribution in [-0.4, -0.2) is 32.3 Å². The Morgan fingerprint density at radius 3 is 2.38 bits per heavy atom. The Labute approximate surface area is 120 Å². The van der Waals surface area contributed by atoms with E-state index in [2.05, 4.69) is 0 Å². The van der Waals surface area contributed by atoms with Gasteiger partial charge in [-0.1, -0.05) is 12.1 Å². The summed E-state index contributed by atoms with van der Waals surface area (Å²) in [6.45, 7) is 0. The van der Waals surface area contributed by atoms with Gasteiger partial charge in [-0.3, -0.25) is 4.79 Å². The Morgan fingerprint density at radius 1 is 1.05 bits per heavy atom. The van der Waals surface area contributed by atoms with Crippen molar-refractivity contribution in [2.45, 2.75) is 12.2 Å². The van der Waals surface area contributed by atoms with E-state index in [0.717, 1.165) is 12.1 Å². The van der Waals surface area contributed by atoms with Gasteiger partial charge in [0.25, 0.3) is 0 Å². The third-order valence-corrected chi connectivity index (χ3v) is 3.21. The van der Waals surface area contributed by atoms with Gasteiger partial charge in [0.05, 0.1) is 1.37 Å². The van der Waals surface area contributed by atoms with Crippen LogP contribution in [0.2, 0.25) is 0 Å². The summed E-state index contributed by atoms with van der Waals surface area (Å²) in [6.07, 6.45) is -4.02. The van der Waals surface area contributed by atoms with Crippen molar-refractivity contribution in [3.63, 3.8) is 0 Å². The minimum absolute atomic E-state index is 0.0184. The molecule has 1 aliphatic rings. The van der Waals surface area contributed by atoms with E-state index in [9.17, 15) is 25.2 Å². The van der Waals surface area contributed by atoms with Crippen LogP contribution >= 0.6 is 0 Å². The number of ether oxygens (including phenoxy) is 1. The number of carbonyl (C=O) groups is 1. The molecule has 1 aliphatic heterocycles. The van der Waals surface area contributed by atoms with Crippen molar-refractivity contribution in [3.05, 3.63) is 47.5 Å². The highest BCUT2D eigenvalue weighted by molar-refractivity contribution is 6.05. The Balaban J connectivity index is 2.14. The number of aromatic hydroxyl groups is 3. The largest absolute Gasteiger partial charge is 0.508 e. The van der Waals surface area contributed by atoms with Gasteiger partial charge in [0.15, 0.2) is 12.2 Å². The van der Waals surface area contributed by atoms with Crippen molar-refractivity contribution in [3.8, 4) is 23.0 Å². The molecule has 4 N–H and O–H groups in total. The number of aliphatic hydroxyl groups is 1. The maximum atomic E-state index is 12.3. The number of benzene rings is 2. The molecule has 2 aromatic rings. The fourth-order valence-corrected chi connectivity index (χ4v) is 2.21. The summed E-state index contributed by atoms with van der Waals surface area (Å²) in [7, 11) is 0. The summed E-state index contributed by atoms with van der Waals surface area (Å²) in [6, 6.07) is 7.51. The molecule has 0 saturated carbocycles. The van der Waals surface area contributed by atoms with Crippen molar-refractivity contribution in [1.82, 2.24) is 0 Å². The number of fused-ring (bicyclic) bond motifs is 1. The van der Waals surface area contributed by atoms with E-state index < -0.39 is 23.7 Å². The molecule has 3 rings (SSSR count). The van der Waals surface area contributed by atoms with E-state index in [1.807, 2.05) is 0 Å². The molecule has 2 aromatic carbocycles. The average Bonchev–Trinajstić information content (AvgIpc) is 2.43. The lowest BCUT2D eigenvalue weighted by Crippen LogP contribution is -2.36. The van der Waals surface area contributed by atoms with Gasteiger partial charge in [0.2, 0.25) is 5.78 Å². The SMILES string of the molecule is [2H]C1(O)C(=O)c2c(O)cc(O)cc2OC1c1ccc(O)cc1. The molecule has 0 bridgehead atoms. The first kappa shape index (κ1) is 12.0. The minimum Gasteiger partial charge on any atom is -0.508 e. The maximum Gasteiger partial charge on any atom is 0.202 e. The zero-order chi connectivity index (χ0) is 16.1. The number of hydrogen-bond acceptors (Lipinski definition) is 6. The van der Waals surface area contributed by atoms with Gasteiger partial charge in [-0.2, -0.15) is 0 Å². The summed E-state index contributed by atoms with van der Waals surface area (Å²) in [4.78, 5) is 12.3. The normalized spacial score (nSPS) is 24.9. The lowest BCUT2D eigenvalue weighted by Gasteiger charge is -2.30. The smallest absolute Gasteiger partial charge is 0.202 e. The molecule has 2 unspecified atom stereocenters. The van der Waals surface area contributed by atoms with Gasteiger partial charge in [-0.15, -0.1) is 0 Å². The standard InChI is InChI=1S/C15H12O6/c16-8-3-1-7(2-4-8)15-14(20)13(19)12-10(18)5-9(17)6-11(12)21-15/h1-6,14-18,20H/i14D. The molecular formula is C15H12O6. The first-order valence-electron chi connectivity index (χ1n) is 6.59. The van der Waals surface area contributed by atoms with Gasteiger partial charge < -0.3 is 25.2 Å². The Hall–Kier alpha value is -2.73. The van der Waals surface area contributed by atoms with Crippen molar-refractivity contribution in [1.29, 1.82) is 0 Å². The molecule has 21 heavy (non-hydrogen) atoms. The van der Waals surface area contributed by atoms with Crippen LogP contribution in [0.15, 0.2) is 36.4 Å². The van der Waals surface area contributed by atoms with Crippen LogP contribution in [0, 0.1) is 0 Å². The molecule has 0 radical (unpaired) electrons. The predicted molar refractivity (Wildman–Crippen MR) is 71.6 cm³/mol. The van der Waals surface area contributed by atoms with E-state index in [1.54, 1.807) is 0 Å². The first-order valence-corrected chi connectivity index (χ1v) is 6.09. The quantitative estimate of drug-likeness (QED) is 0.633. The number of carbonyl (C=O) groups excluding carboxylic acids is 1. The molecule has 0 saturated heterocycles. The Bertz CT molecular complexity index is 753. The third kappa shape index (κ3) is 2.15. The van der Waals surface area contributed by atoms with Gasteiger partial charge in [-0.25, -0.2) is 0 Å². The van der Waals surface area contributed by atoms with E-state index in [4.69, 9.17) is 6.11 Å². The van der Waals surface area contributed by atoms with Crippen LogP contribution in [-0.2, 0) is 0 Å². The van der Waals surface area contributed by atoms with Crippen LogP contribution < -0.4 is 4.74 Å². The van der Waals surface area contributed by atoms with Gasteiger partial charge in [-0.05, 0) is 17.7 Å². The van der Waals surface area contributed by atoms with E-state index in [1.165, 1.54) is 24.3 Å². The van der Waals surface area contributed by atoms with Crippen LogP contribution in [0.25, 0.3) is 0 Å². The number of ketones is 1. The van der Waals surface area contributed by atoms with Gasteiger partial charge in [0, 0.05) is 12.1 Å². The number of Topliss-reactive ketones (excluding diaryl/α,β-unsaturated/α-hetero) is 1. The van der Waals surface area contributed by atoms with Crippen molar-refractivity contribution < 1.29 is 31.3 Å². The summed E-state index contributed by atoms with van der Waals surface area (Å²) in [5.41, 5.74) is -0.0672. The zero-order valence-electron chi connectivity index (χ0n) is 11.6. The molecule has 2 atom stereocenters. The van der Waals surface area contributed by atoms with Crippen molar-refractivity contribution in [2.24, 2.45) is 0 Å². The zero-order valence-corrected chi connectivity index (χ0v) is 10.6. The highest BCUT2D eigenvalue weighted by Gasteiger charge is 2.39. The summed E-state index contributed by atoms with van der Waals surface area (Å²) in [5.74, 6) is -2.07. The molecule has 0 fully saturated rings. The highest BCUT2D eigenvalue weighted by atomic mass is 16.5. The van der Waals surface area contributed by atoms with Crippen LogP contribution in [0.1, 0.15) is 23.4 Å². The number of rotatable bonds is 1. The summed E-state index contributed by atoms with van der Waals surface area (Å²) >= 11 is 0. The number of phenolic OH excluding ortho intramolecular Hbond substituents is 3. The molecule has 0 aliphatic carbocycles. The van der Waals surface area contributed by atoms with Crippen LogP contribution in [0.5, 0.6) is 23.0 Å². The fourth-order valence-electron chi connectivity index (χ4n) is 2.21. The maximum absolute atomic E-state index is 12.3. The first-order chi connectivity index (χ1) is 10.3. The Kier molecular flexibility index (Phi) is 2.68. The fraction of sp³-hybridized carbons (Fsp3) is 0.133. The molecule has 6 nitrogen and oxygen atoms in total. The molecule has 6 heteroatoms. The second-order valence-corrected chi connectivity index (χ2v) is 4.64. The molecule has 108 valence electrons. The predicted octanol–water partition coefficient (Wildman–Crippen LogP) is 1.48. The lowest BCUT2D eigenvalue weighted by atomic mass is 9.93. The Morgan fingerprint density at radius 2 is 1.71 bits per heavy atom. The second-order valence-electron chi connectivity index (χ2n) is 4.64.